The van der Waals surface area contributed by atoms with Crippen LogP contribution in [-0.2, 0) is 10.0 Å². The first kappa shape index (κ1) is 26.3. The Kier molecular flexibility index (Phi) is 7.25. The van der Waals surface area contributed by atoms with Crippen LogP contribution >= 0.6 is 11.6 Å². The fourth-order valence-corrected chi connectivity index (χ4v) is 6.13. The van der Waals surface area contributed by atoms with E-state index in [1.807, 2.05) is 19.2 Å². The number of aryl methyl sites for hydroxylation is 1. The number of carbonyl (C=O) groups excluding carboxylic acids is 1. The van der Waals surface area contributed by atoms with Crippen LogP contribution in [0.5, 0.6) is 0 Å². The molecule has 3 aromatic rings. The van der Waals surface area contributed by atoms with Gasteiger partial charge in [-0.25, -0.2) is 17.9 Å². The molecule has 0 saturated carbocycles. The number of nitrogens with zero attached hydrogens (tertiary/aromatic N) is 5. The second-order valence-corrected chi connectivity index (χ2v) is 12.3. The summed E-state index contributed by atoms with van der Waals surface area (Å²) in [5.74, 6) is 3.83. The van der Waals surface area contributed by atoms with E-state index in [-0.39, 0.29) is 23.2 Å². The predicted molar refractivity (Wildman–Crippen MR) is 149 cm³/mol. The quantitative estimate of drug-likeness (QED) is 0.473. The molecule has 0 radical (unpaired) electrons. The van der Waals surface area contributed by atoms with Crippen molar-refractivity contribution in [3.63, 3.8) is 0 Å². The number of amides is 1. The summed E-state index contributed by atoms with van der Waals surface area (Å²) in [5, 5.41) is 5.17. The lowest BCUT2D eigenvalue weighted by Gasteiger charge is -2.35. The van der Waals surface area contributed by atoms with Gasteiger partial charge in [-0.2, -0.15) is 5.10 Å². The van der Waals surface area contributed by atoms with Crippen LogP contribution in [0.2, 0.25) is 5.02 Å². The van der Waals surface area contributed by atoms with Gasteiger partial charge in [-0.15, -0.1) is 12.3 Å². The van der Waals surface area contributed by atoms with Crippen molar-refractivity contribution in [2.45, 2.75) is 45.1 Å². The third-order valence-electron chi connectivity index (χ3n) is 7.27. The number of aromatic nitrogens is 3. The maximum absolute atomic E-state index is 13.8. The maximum Gasteiger partial charge on any atom is 0.256 e. The van der Waals surface area contributed by atoms with Gasteiger partial charge in [0.05, 0.1) is 29.2 Å². The van der Waals surface area contributed by atoms with Gasteiger partial charge in [0.25, 0.3) is 5.91 Å². The summed E-state index contributed by atoms with van der Waals surface area (Å²) >= 11 is 6.20. The summed E-state index contributed by atoms with van der Waals surface area (Å²) in [6.45, 7) is 4.30. The van der Waals surface area contributed by atoms with E-state index in [2.05, 4.69) is 15.5 Å². The summed E-state index contributed by atoms with van der Waals surface area (Å²) in [6.07, 6.45) is 13.1. The molecule has 4 heterocycles. The van der Waals surface area contributed by atoms with Gasteiger partial charge in [-0.05, 0) is 57.2 Å². The Balaban J connectivity index is 1.46. The zero-order valence-corrected chi connectivity index (χ0v) is 23.1. The van der Waals surface area contributed by atoms with Crippen LogP contribution in [0.1, 0.15) is 59.8 Å². The molecule has 1 aromatic carbocycles. The summed E-state index contributed by atoms with van der Waals surface area (Å²) in [5.41, 5.74) is 2.92. The maximum atomic E-state index is 13.8. The summed E-state index contributed by atoms with van der Waals surface area (Å²) in [6, 6.07) is 6.26. The van der Waals surface area contributed by atoms with E-state index in [1.54, 1.807) is 15.5 Å². The number of rotatable bonds is 5. The van der Waals surface area contributed by atoms with Crippen LogP contribution in [0.15, 0.2) is 30.5 Å². The SMILES string of the molecule is C#CC1CCN(c2nc3cc([C@@H]4CCCCN4C(=O)c4cc(Cl)ccc4NS(C)(=O)=O)nn3cc2C)CC1. The van der Waals surface area contributed by atoms with Crippen LogP contribution in [0, 0.1) is 25.2 Å². The number of fused-ring (bicyclic) bond motifs is 1. The fourth-order valence-electron chi connectivity index (χ4n) is 5.38. The Labute approximate surface area is 228 Å². The molecule has 0 aliphatic carbocycles. The van der Waals surface area contributed by atoms with Gasteiger partial charge in [0, 0.05) is 48.4 Å². The normalized spacial score (nSPS) is 18.9. The lowest BCUT2D eigenvalue weighted by Crippen LogP contribution is -2.39. The Morgan fingerprint density at radius 2 is 1.92 bits per heavy atom. The van der Waals surface area contributed by atoms with Gasteiger partial charge in [-0.3, -0.25) is 9.52 Å². The number of sulfonamides is 1. The molecule has 0 unspecified atom stereocenters. The Hall–Kier alpha value is -3.29. The number of benzene rings is 1. The second kappa shape index (κ2) is 10.5. The first-order valence-electron chi connectivity index (χ1n) is 12.8. The van der Waals surface area contributed by atoms with Crippen molar-refractivity contribution < 1.29 is 13.2 Å². The molecule has 1 atom stereocenters. The summed E-state index contributed by atoms with van der Waals surface area (Å²) in [4.78, 5) is 22.8. The second-order valence-electron chi connectivity index (χ2n) is 10.1. The summed E-state index contributed by atoms with van der Waals surface area (Å²) in [7, 11) is -3.58. The number of hydrogen-bond donors (Lipinski definition) is 1. The number of hydrogen-bond acceptors (Lipinski definition) is 6. The van der Waals surface area contributed by atoms with Crippen molar-refractivity contribution in [2.24, 2.45) is 5.92 Å². The molecular weight excluding hydrogens is 524 g/mol. The largest absolute Gasteiger partial charge is 0.356 e. The molecule has 2 fully saturated rings. The van der Waals surface area contributed by atoms with E-state index in [0.717, 1.165) is 74.2 Å². The third kappa shape index (κ3) is 5.45. The zero-order valence-electron chi connectivity index (χ0n) is 21.5. The first-order valence-corrected chi connectivity index (χ1v) is 15.1. The number of halogens is 1. The molecular formula is C27H31ClN6O3S. The van der Waals surface area contributed by atoms with Gasteiger partial charge < -0.3 is 9.80 Å². The molecule has 2 aliphatic rings. The molecule has 1 N–H and O–H groups in total. The molecule has 2 saturated heterocycles. The number of piperidine rings is 2. The standard InChI is InChI=1S/C27H31ClN6O3S/c1-4-19-10-13-32(14-11-19)26-18(2)17-34-25(29-26)16-23(30-34)24-7-5-6-12-33(24)27(35)21-15-20(28)8-9-22(21)31-38(3,36)37/h1,8-9,15-17,19,24,31H,5-7,10-14H2,2-3H3/t24-/m0/s1. The van der Waals surface area contributed by atoms with Gasteiger partial charge >= 0.3 is 0 Å². The third-order valence-corrected chi connectivity index (χ3v) is 8.09. The van der Waals surface area contributed by atoms with Gasteiger partial charge in [0.15, 0.2) is 5.65 Å². The highest BCUT2D eigenvalue weighted by molar-refractivity contribution is 7.92. The van der Waals surface area contributed by atoms with E-state index in [9.17, 15) is 13.2 Å². The van der Waals surface area contributed by atoms with Crippen molar-refractivity contribution in [3.8, 4) is 12.3 Å². The zero-order chi connectivity index (χ0) is 27.0. The minimum Gasteiger partial charge on any atom is -0.356 e. The van der Waals surface area contributed by atoms with Crippen molar-refractivity contribution in [1.82, 2.24) is 19.5 Å². The van der Waals surface area contributed by atoms with E-state index < -0.39 is 10.0 Å². The monoisotopic (exact) mass is 554 g/mol. The van der Waals surface area contributed by atoms with Crippen molar-refractivity contribution in [2.75, 3.05) is 35.5 Å². The lowest BCUT2D eigenvalue weighted by atomic mass is 9.97. The molecule has 5 rings (SSSR count). The molecule has 0 spiro atoms. The van der Waals surface area contributed by atoms with Crippen LogP contribution in [0.3, 0.4) is 0 Å². The molecule has 1 amide bonds. The number of nitrogens with one attached hydrogen (secondary N) is 1. The first-order chi connectivity index (χ1) is 18.1. The number of anilines is 2. The molecule has 200 valence electrons. The fraction of sp³-hybridized carbons (Fsp3) is 0.444. The summed E-state index contributed by atoms with van der Waals surface area (Å²) < 4.78 is 28.1. The van der Waals surface area contributed by atoms with E-state index in [4.69, 9.17) is 28.1 Å². The van der Waals surface area contributed by atoms with Crippen LogP contribution < -0.4 is 9.62 Å². The van der Waals surface area contributed by atoms with Gasteiger partial charge in [0.1, 0.15) is 5.82 Å². The number of terminal acetylenes is 1. The van der Waals surface area contributed by atoms with Gasteiger partial charge in [0.2, 0.25) is 10.0 Å². The van der Waals surface area contributed by atoms with Crippen LogP contribution in [0.4, 0.5) is 11.5 Å². The van der Waals surface area contributed by atoms with Gasteiger partial charge in [-0.1, -0.05) is 11.6 Å². The molecule has 9 nitrogen and oxygen atoms in total. The minimum atomic E-state index is -3.58. The van der Waals surface area contributed by atoms with E-state index in [1.165, 1.54) is 12.1 Å². The highest BCUT2D eigenvalue weighted by Crippen LogP contribution is 2.34. The smallest absolute Gasteiger partial charge is 0.256 e. The lowest BCUT2D eigenvalue weighted by molar-refractivity contribution is 0.0607. The molecule has 2 aromatic heterocycles. The van der Waals surface area contributed by atoms with Crippen LogP contribution in [0.25, 0.3) is 5.65 Å². The average molecular weight is 555 g/mol. The molecule has 38 heavy (non-hydrogen) atoms. The van der Waals surface area contributed by atoms with Crippen molar-refractivity contribution in [3.05, 3.63) is 52.3 Å². The predicted octanol–water partition coefficient (Wildman–Crippen LogP) is 4.28. The van der Waals surface area contributed by atoms with E-state index >= 15 is 0 Å². The van der Waals surface area contributed by atoms with E-state index in [0.29, 0.717) is 17.5 Å². The number of carbonyl (C=O) groups is 1. The molecule has 2 aliphatic heterocycles. The average Bonchev–Trinajstić information content (AvgIpc) is 3.31. The topological polar surface area (TPSA) is 99.9 Å². The van der Waals surface area contributed by atoms with Crippen LogP contribution in [-0.4, -0.2) is 59.7 Å². The van der Waals surface area contributed by atoms with Crippen molar-refractivity contribution >= 4 is 44.7 Å². The number of likely N-dealkylation sites (tertiary alicyclic amines) is 1. The highest BCUT2D eigenvalue weighted by atomic mass is 35.5. The molecule has 0 bridgehead atoms. The molecule has 11 heteroatoms. The Morgan fingerprint density at radius 1 is 1.16 bits per heavy atom. The Morgan fingerprint density at radius 3 is 2.63 bits per heavy atom. The Bertz CT molecular complexity index is 1520. The highest BCUT2D eigenvalue weighted by Gasteiger charge is 2.32. The minimum absolute atomic E-state index is 0.205. The van der Waals surface area contributed by atoms with Crippen molar-refractivity contribution in [1.29, 1.82) is 0 Å².